The molecule has 0 aliphatic carbocycles. The van der Waals surface area contributed by atoms with Crippen molar-refractivity contribution in [3.63, 3.8) is 0 Å². The van der Waals surface area contributed by atoms with Crippen molar-refractivity contribution in [1.82, 2.24) is 0 Å². The lowest BCUT2D eigenvalue weighted by Gasteiger charge is -2.29. The third-order valence-electron chi connectivity index (χ3n) is 5.44. The molecule has 4 rings (SSSR count). The SMILES string of the molecule is COc1ccc2c(c1)C(CC(=O)c1ccc(C3=NC(C)(C)CO3)cc1)=NC(C)(C)C2. The summed E-state index contributed by atoms with van der Waals surface area (Å²) in [7, 11) is 1.65. The summed E-state index contributed by atoms with van der Waals surface area (Å²) >= 11 is 0. The number of methoxy groups -OCH3 is 1. The van der Waals surface area contributed by atoms with Crippen LogP contribution in [-0.2, 0) is 11.2 Å². The third-order valence-corrected chi connectivity index (χ3v) is 5.44. The summed E-state index contributed by atoms with van der Waals surface area (Å²) in [5.74, 6) is 1.46. The number of ether oxygens (including phenoxy) is 2. The molecule has 0 saturated heterocycles. The van der Waals surface area contributed by atoms with Gasteiger partial charge in [-0.25, -0.2) is 4.99 Å². The number of ketones is 1. The third kappa shape index (κ3) is 4.16. The van der Waals surface area contributed by atoms with Crippen molar-refractivity contribution in [3.05, 3.63) is 64.7 Å². The van der Waals surface area contributed by atoms with Gasteiger partial charge in [-0.1, -0.05) is 18.2 Å². The lowest BCUT2D eigenvalue weighted by Crippen LogP contribution is -2.30. The quantitative estimate of drug-likeness (QED) is 0.682. The van der Waals surface area contributed by atoms with Crippen molar-refractivity contribution in [2.75, 3.05) is 13.7 Å². The molecular weight excluding hydrogens is 376 g/mol. The molecule has 0 amide bonds. The van der Waals surface area contributed by atoms with E-state index in [1.807, 2.05) is 50.2 Å². The zero-order valence-corrected chi connectivity index (χ0v) is 18.3. The van der Waals surface area contributed by atoms with Crippen molar-refractivity contribution >= 4 is 17.4 Å². The van der Waals surface area contributed by atoms with Crippen molar-refractivity contribution in [2.24, 2.45) is 9.98 Å². The van der Waals surface area contributed by atoms with Crippen LogP contribution in [0.2, 0.25) is 0 Å². The Morgan fingerprint density at radius 2 is 1.77 bits per heavy atom. The van der Waals surface area contributed by atoms with Crippen LogP contribution in [0.15, 0.2) is 52.4 Å². The Bertz CT molecular complexity index is 1050. The van der Waals surface area contributed by atoms with E-state index in [4.69, 9.17) is 14.5 Å². The van der Waals surface area contributed by atoms with E-state index in [1.54, 1.807) is 7.11 Å². The van der Waals surface area contributed by atoms with Gasteiger partial charge in [0.2, 0.25) is 5.90 Å². The number of rotatable bonds is 5. The molecule has 0 saturated carbocycles. The molecule has 0 unspecified atom stereocenters. The average Bonchev–Trinajstić information content (AvgIpc) is 3.07. The molecule has 0 spiro atoms. The highest BCUT2D eigenvalue weighted by atomic mass is 16.5. The largest absolute Gasteiger partial charge is 0.497 e. The Balaban J connectivity index is 1.57. The van der Waals surface area contributed by atoms with Crippen LogP contribution in [0, 0.1) is 0 Å². The molecule has 5 nitrogen and oxygen atoms in total. The lowest BCUT2D eigenvalue weighted by atomic mass is 9.85. The van der Waals surface area contributed by atoms with Gasteiger partial charge in [0, 0.05) is 16.7 Å². The van der Waals surface area contributed by atoms with Crippen LogP contribution in [-0.4, -0.2) is 42.2 Å². The number of benzene rings is 2. The van der Waals surface area contributed by atoms with Gasteiger partial charge in [0.25, 0.3) is 0 Å². The predicted octanol–water partition coefficient (Wildman–Crippen LogP) is 4.65. The molecule has 30 heavy (non-hydrogen) atoms. The van der Waals surface area contributed by atoms with Crippen LogP contribution in [0.1, 0.15) is 61.2 Å². The Hall–Kier alpha value is -2.95. The maximum absolute atomic E-state index is 13.1. The van der Waals surface area contributed by atoms with E-state index >= 15 is 0 Å². The first-order valence-electron chi connectivity index (χ1n) is 10.3. The molecule has 2 aromatic carbocycles. The maximum atomic E-state index is 13.1. The maximum Gasteiger partial charge on any atom is 0.216 e. The van der Waals surface area contributed by atoms with E-state index in [-0.39, 0.29) is 23.3 Å². The summed E-state index contributed by atoms with van der Waals surface area (Å²) in [6.45, 7) is 8.85. The average molecular weight is 405 g/mol. The van der Waals surface area contributed by atoms with Gasteiger partial charge in [-0.3, -0.25) is 9.79 Å². The minimum Gasteiger partial charge on any atom is -0.497 e. The fourth-order valence-electron chi connectivity index (χ4n) is 3.96. The number of carbonyl (C=O) groups is 1. The van der Waals surface area contributed by atoms with Crippen molar-refractivity contribution < 1.29 is 14.3 Å². The number of aliphatic imine (C=N–C) groups is 2. The molecule has 156 valence electrons. The molecule has 2 aromatic rings. The standard InChI is InChI=1S/C25H28N2O3/c1-24(2)14-18-10-11-19(29-5)12-20(18)21(26-24)13-22(28)16-6-8-17(9-7-16)23-27-25(3,4)15-30-23/h6-12H,13-15H2,1-5H3. The first-order valence-corrected chi connectivity index (χ1v) is 10.3. The van der Waals surface area contributed by atoms with E-state index in [1.165, 1.54) is 5.56 Å². The van der Waals surface area contributed by atoms with Gasteiger partial charge in [0.15, 0.2) is 5.78 Å². The number of nitrogens with zero attached hydrogens (tertiary/aromatic N) is 2. The second-order valence-electron chi connectivity index (χ2n) is 9.27. The van der Waals surface area contributed by atoms with Crippen LogP contribution in [0.5, 0.6) is 5.75 Å². The Labute approximate surface area is 177 Å². The molecule has 5 heteroatoms. The molecule has 0 bridgehead atoms. The van der Waals surface area contributed by atoms with E-state index in [0.717, 1.165) is 29.0 Å². The van der Waals surface area contributed by atoms with Crippen molar-refractivity contribution in [3.8, 4) is 5.75 Å². The molecule has 2 aliphatic rings. The fraction of sp³-hybridized carbons (Fsp3) is 0.400. The van der Waals surface area contributed by atoms with Gasteiger partial charge in [0.05, 0.1) is 30.3 Å². The summed E-state index contributed by atoms with van der Waals surface area (Å²) in [6.07, 6.45) is 1.10. The van der Waals surface area contributed by atoms with Crippen molar-refractivity contribution in [1.29, 1.82) is 0 Å². The number of Topliss-reactive ketones (excluding diaryl/α,β-unsaturated/α-hetero) is 1. The summed E-state index contributed by atoms with van der Waals surface area (Å²) in [6, 6.07) is 13.5. The summed E-state index contributed by atoms with van der Waals surface area (Å²) in [5, 5.41) is 0. The predicted molar refractivity (Wildman–Crippen MR) is 119 cm³/mol. The summed E-state index contributed by atoms with van der Waals surface area (Å²) in [4.78, 5) is 22.5. The minimum absolute atomic E-state index is 0.0429. The Kier molecular flexibility index (Phi) is 5.00. The molecule has 0 fully saturated rings. The second kappa shape index (κ2) is 7.38. The van der Waals surface area contributed by atoms with Gasteiger partial charge in [-0.05, 0) is 63.9 Å². The summed E-state index contributed by atoms with van der Waals surface area (Å²) in [5.41, 5.74) is 4.15. The minimum atomic E-state index is -0.230. The normalized spacial score (nSPS) is 18.7. The van der Waals surface area contributed by atoms with E-state index in [2.05, 4.69) is 24.9 Å². The monoisotopic (exact) mass is 404 g/mol. The van der Waals surface area contributed by atoms with Gasteiger partial charge >= 0.3 is 0 Å². The van der Waals surface area contributed by atoms with E-state index in [9.17, 15) is 4.79 Å². The van der Waals surface area contributed by atoms with Crippen LogP contribution >= 0.6 is 0 Å². The van der Waals surface area contributed by atoms with Crippen LogP contribution in [0.25, 0.3) is 0 Å². The molecule has 2 aliphatic heterocycles. The molecule has 0 atom stereocenters. The first-order chi connectivity index (χ1) is 14.2. The Morgan fingerprint density at radius 3 is 2.40 bits per heavy atom. The zero-order chi connectivity index (χ0) is 21.5. The number of hydrogen-bond acceptors (Lipinski definition) is 5. The summed E-state index contributed by atoms with van der Waals surface area (Å²) < 4.78 is 11.1. The van der Waals surface area contributed by atoms with E-state index in [0.29, 0.717) is 18.1 Å². The lowest BCUT2D eigenvalue weighted by molar-refractivity contribution is 0.100. The highest BCUT2D eigenvalue weighted by molar-refractivity contribution is 6.17. The zero-order valence-electron chi connectivity index (χ0n) is 18.3. The first kappa shape index (κ1) is 20.3. The van der Waals surface area contributed by atoms with Crippen LogP contribution in [0.3, 0.4) is 0 Å². The van der Waals surface area contributed by atoms with Crippen LogP contribution < -0.4 is 4.74 Å². The smallest absolute Gasteiger partial charge is 0.216 e. The topological polar surface area (TPSA) is 60.2 Å². The molecule has 0 N–H and O–H groups in total. The molecule has 2 heterocycles. The number of fused-ring (bicyclic) bond motifs is 1. The highest BCUT2D eigenvalue weighted by Gasteiger charge is 2.29. The number of hydrogen-bond donors (Lipinski definition) is 0. The highest BCUT2D eigenvalue weighted by Crippen LogP contribution is 2.31. The molecular formula is C25H28N2O3. The van der Waals surface area contributed by atoms with Gasteiger partial charge < -0.3 is 9.47 Å². The molecule has 0 radical (unpaired) electrons. The van der Waals surface area contributed by atoms with Gasteiger partial charge in [0.1, 0.15) is 12.4 Å². The van der Waals surface area contributed by atoms with Gasteiger partial charge in [-0.2, -0.15) is 0 Å². The van der Waals surface area contributed by atoms with E-state index < -0.39 is 0 Å². The fourth-order valence-corrected chi connectivity index (χ4v) is 3.96. The van der Waals surface area contributed by atoms with Crippen LogP contribution in [0.4, 0.5) is 0 Å². The van der Waals surface area contributed by atoms with Crippen molar-refractivity contribution in [2.45, 2.75) is 51.6 Å². The number of carbonyl (C=O) groups excluding carboxylic acids is 1. The Morgan fingerprint density at radius 1 is 1.03 bits per heavy atom. The second-order valence-corrected chi connectivity index (χ2v) is 9.27. The van der Waals surface area contributed by atoms with Gasteiger partial charge in [-0.15, -0.1) is 0 Å². The molecule has 0 aromatic heterocycles.